The maximum Gasteiger partial charge on any atom is 0.128 e. The Kier molecular flexibility index (Phi) is 4.25. The fourth-order valence-electron chi connectivity index (χ4n) is 2.65. The smallest absolute Gasteiger partial charge is 0.128 e. The fourth-order valence-corrected chi connectivity index (χ4v) is 3.07. The van der Waals surface area contributed by atoms with E-state index in [-0.39, 0.29) is 11.2 Å². The van der Waals surface area contributed by atoms with E-state index in [9.17, 15) is 4.39 Å². The van der Waals surface area contributed by atoms with Gasteiger partial charge in [0.1, 0.15) is 5.82 Å². The van der Waals surface area contributed by atoms with Crippen LogP contribution in [-0.4, -0.2) is 37.6 Å². The van der Waals surface area contributed by atoms with Gasteiger partial charge in [-0.15, -0.1) is 0 Å². The molecule has 1 aliphatic rings. The van der Waals surface area contributed by atoms with E-state index in [0.29, 0.717) is 10.6 Å². The molecule has 4 heteroatoms. The quantitative estimate of drug-likeness (QED) is 0.909. The van der Waals surface area contributed by atoms with E-state index in [1.54, 1.807) is 12.1 Å². The Hall–Kier alpha value is -0.640. The molecule has 1 saturated heterocycles. The van der Waals surface area contributed by atoms with Gasteiger partial charge in [0.2, 0.25) is 0 Å². The van der Waals surface area contributed by atoms with E-state index < -0.39 is 0 Å². The second-order valence-electron chi connectivity index (χ2n) is 5.51. The Balaban J connectivity index is 2.18. The van der Waals surface area contributed by atoms with Gasteiger partial charge in [-0.3, -0.25) is 4.90 Å². The Labute approximate surface area is 113 Å². The zero-order valence-electron chi connectivity index (χ0n) is 11.0. The normalized spacial score (nSPS) is 18.0. The van der Waals surface area contributed by atoms with Crippen molar-refractivity contribution in [1.82, 2.24) is 10.2 Å². The van der Waals surface area contributed by atoms with Crippen LogP contribution in [0, 0.1) is 5.82 Å². The number of rotatable bonds is 3. The van der Waals surface area contributed by atoms with Crippen LogP contribution in [0.25, 0.3) is 0 Å². The van der Waals surface area contributed by atoms with Crippen LogP contribution < -0.4 is 5.32 Å². The van der Waals surface area contributed by atoms with Crippen LogP contribution in [-0.2, 0) is 5.41 Å². The zero-order chi connectivity index (χ0) is 13.2. The van der Waals surface area contributed by atoms with Crippen LogP contribution in [0.3, 0.4) is 0 Å². The molecule has 0 bridgehead atoms. The van der Waals surface area contributed by atoms with Crippen molar-refractivity contribution in [2.75, 3.05) is 32.7 Å². The summed E-state index contributed by atoms with van der Waals surface area (Å²) < 4.78 is 14.0. The largest absolute Gasteiger partial charge is 0.314 e. The molecule has 0 atom stereocenters. The molecule has 0 saturated carbocycles. The lowest BCUT2D eigenvalue weighted by atomic mass is 9.83. The molecule has 2 rings (SSSR count). The Morgan fingerprint density at radius 2 is 2.00 bits per heavy atom. The first-order chi connectivity index (χ1) is 8.50. The first kappa shape index (κ1) is 13.8. The summed E-state index contributed by atoms with van der Waals surface area (Å²) in [4.78, 5) is 2.36. The molecule has 0 unspecified atom stereocenters. The third kappa shape index (κ3) is 3.02. The van der Waals surface area contributed by atoms with Crippen molar-refractivity contribution in [3.8, 4) is 0 Å². The zero-order valence-corrected chi connectivity index (χ0v) is 11.7. The summed E-state index contributed by atoms with van der Waals surface area (Å²) in [6.07, 6.45) is 0. The monoisotopic (exact) mass is 270 g/mol. The molecule has 1 N–H and O–H groups in total. The highest BCUT2D eigenvalue weighted by molar-refractivity contribution is 6.31. The summed E-state index contributed by atoms with van der Waals surface area (Å²) >= 11 is 6.16. The van der Waals surface area contributed by atoms with E-state index >= 15 is 0 Å². The van der Waals surface area contributed by atoms with Gasteiger partial charge < -0.3 is 5.32 Å². The van der Waals surface area contributed by atoms with Gasteiger partial charge in [0, 0.05) is 48.7 Å². The van der Waals surface area contributed by atoms with Gasteiger partial charge in [0.05, 0.1) is 0 Å². The summed E-state index contributed by atoms with van der Waals surface area (Å²) in [5.74, 6) is -0.206. The lowest BCUT2D eigenvalue weighted by Crippen LogP contribution is -2.48. The van der Waals surface area contributed by atoms with Crippen LogP contribution in [0.1, 0.15) is 19.4 Å². The van der Waals surface area contributed by atoms with Gasteiger partial charge in [-0.2, -0.15) is 0 Å². The predicted molar refractivity (Wildman–Crippen MR) is 73.7 cm³/mol. The van der Waals surface area contributed by atoms with Crippen molar-refractivity contribution in [2.45, 2.75) is 19.3 Å². The lowest BCUT2D eigenvalue weighted by molar-refractivity contribution is 0.198. The Bertz CT molecular complexity index is 394. The van der Waals surface area contributed by atoms with E-state index in [2.05, 4.69) is 24.1 Å². The number of nitrogens with zero attached hydrogens (tertiary/aromatic N) is 1. The Morgan fingerprint density at radius 3 is 2.61 bits per heavy atom. The molecule has 0 radical (unpaired) electrons. The van der Waals surface area contributed by atoms with Gasteiger partial charge in [0.15, 0.2) is 0 Å². The van der Waals surface area contributed by atoms with Crippen LogP contribution in [0.15, 0.2) is 18.2 Å². The molecular formula is C14H20ClFN2. The van der Waals surface area contributed by atoms with Crippen LogP contribution in [0.4, 0.5) is 4.39 Å². The first-order valence-corrected chi connectivity index (χ1v) is 6.76. The fraction of sp³-hybridized carbons (Fsp3) is 0.571. The minimum absolute atomic E-state index is 0.206. The molecule has 1 heterocycles. The summed E-state index contributed by atoms with van der Waals surface area (Å²) in [6.45, 7) is 8.96. The van der Waals surface area contributed by atoms with Crippen molar-refractivity contribution in [3.63, 3.8) is 0 Å². The molecule has 1 aromatic rings. The van der Waals surface area contributed by atoms with Crippen molar-refractivity contribution in [3.05, 3.63) is 34.6 Å². The number of hydrogen-bond acceptors (Lipinski definition) is 2. The molecule has 18 heavy (non-hydrogen) atoms. The second-order valence-corrected chi connectivity index (χ2v) is 5.91. The molecule has 0 aliphatic carbocycles. The molecule has 1 aliphatic heterocycles. The number of halogens is 2. The maximum atomic E-state index is 14.0. The number of benzene rings is 1. The topological polar surface area (TPSA) is 15.3 Å². The lowest BCUT2D eigenvalue weighted by Gasteiger charge is -2.36. The molecular weight excluding hydrogens is 251 g/mol. The van der Waals surface area contributed by atoms with Crippen LogP contribution in [0.5, 0.6) is 0 Å². The van der Waals surface area contributed by atoms with Gasteiger partial charge >= 0.3 is 0 Å². The molecule has 100 valence electrons. The van der Waals surface area contributed by atoms with Crippen molar-refractivity contribution in [1.29, 1.82) is 0 Å². The minimum Gasteiger partial charge on any atom is -0.314 e. The third-order valence-corrected chi connectivity index (χ3v) is 3.78. The molecule has 1 fully saturated rings. The molecule has 0 amide bonds. The molecule has 2 nitrogen and oxygen atoms in total. The highest BCUT2D eigenvalue weighted by Crippen LogP contribution is 2.32. The molecule has 0 spiro atoms. The third-order valence-electron chi connectivity index (χ3n) is 3.47. The highest BCUT2D eigenvalue weighted by atomic mass is 35.5. The average Bonchev–Trinajstić information content (AvgIpc) is 2.28. The highest BCUT2D eigenvalue weighted by Gasteiger charge is 2.29. The SMILES string of the molecule is CC(C)(CN1CCNCC1)c1c(F)cccc1Cl. The molecule has 1 aromatic carbocycles. The van der Waals surface area contributed by atoms with Crippen molar-refractivity contribution < 1.29 is 4.39 Å². The summed E-state index contributed by atoms with van der Waals surface area (Å²) in [5.41, 5.74) is 0.352. The standard InChI is InChI=1S/C14H20ClFN2/c1-14(2,10-18-8-6-17-7-9-18)13-11(15)4-3-5-12(13)16/h3-5,17H,6-10H2,1-2H3. The average molecular weight is 271 g/mol. The summed E-state index contributed by atoms with van der Waals surface area (Å²) in [7, 11) is 0. The predicted octanol–water partition coefficient (Wildman–Crippen LogP) is 2.66. The van der Waals surface area contributed by atoms with Crippen LogP contribution in [0.2, 0.25) is 5.02 Å². The van der Waals surface area contributed by atoms with Crippen molar-refractivity contribution in [2.24, 2.45) is 0 Å². The van der Waals surface area contributed by atoms with Gasteiger partial charge in [-0.05, 0) is 12.1 Å². The van der Waals surface area contributed by atoms with Gasteiger partial charge in [-0.25, -0.2) is 4.39 Å². The Morgan fingerprint density at radius 1 is 1.33 bits per heavy atom. The van der Waals surface area contributed by atoms with E-state index in [4.69, 9.17) is 11.6 Å². The van der Waals surface area contributed by atoms with E-state index in [1.165, 1.54) is 6.07 Å². The van der Waals surface area contributed by atoms with Crippen molar-refractivity contribution >= 4 is 11.6 Å². The number of hydrogen-bond donors (Lipinski definition) is 1. The second kappa shape index (κ2) is 5.55. The number of piperazine rings is 1. The molecule has 0 aromatic heterocycles. The summed E-state index contributed by atoms with van der Waals surface area (Å²) in [5, 5.41) is 3.84. The van der Waals surface area contributed by atoms with Crippen LogP contribution >= 0.6 is 11.6 Å². The van der Waals surface area contributed by atoms with E-state index in [1.807, 2.05) is 0 Å². The van der Waals surface area contributed by atoms with Gasteiger partial charge in [0.25, 0.3) is 0 Å². The maximum absolute atomic E-state index is 14.0. The van der Waals surface area contributed by atoms with E-state index in [0.717, 1.165) is 32.7 Å². The van der Waals surface area contributed by atoms with Gasteiger partial charge in [-0.1, -0.05) is 31.5 Å². The first-order valence-electron chi connectivity index (χ1n) is 6.38. The summed E-state index contributed by atoms with van der Waals surface area (Å²) in [6, 6.07) is 4.91. The number of nitrogens with one attached hydrogen (secondary N) is 1. The minimum atomic E-state index is -0.278.